The number of fused-ring (bicyclic) bond motifs is 2. The lowest BCUT2D eigenvalue weighted by atomic mass is 10.1. The van der Waals surface area contributed by atoms with Crippen LogP contribution in [0.25, 0.3) is 34.0 Å². The van der Waals surface area contributed by atoms with Crippen molar-refractivity contribution in [3.63, 3.8) is 0 Å². The molecule has 32 heavy (non-hydrogen) atoms. The van der Waals surface area contributed by atoms with E-state index in [-0.39, 0.29) is 18.7 Å². The van der Waals surface area contributed by atoms with Crippen molar-refractivity contribution in [2.75, 3.05) is 6.61 Å². The monoisotopic (exact) mass is 421 g/mol. The summed E-state index contributed by atoms with van der Waals surface area (Å²) in [6.07, 6.45) is 5.98. The van der Waals surface area contributed by atoms with Gasteiger partial charge in [-0.05, 0) is 35.9 Å². The summed E-state index contributed by atoms with van der Waals surface area (Å²) in [5, 5.41) is 11.2. The smallest absolute Gasteiger partial charge is 0.261 e. The van der Waals surface area contributed by atoms with Crippen LogP contribution in [-0.4, -0.2) is 25.8 Å². The number of aromatic nitrogens is 3. The molecule has 3 aromatic carbocycles. The molecule has 5 aromatic rings. The Kier molecular flexibility index (Phi) is 5.40. The lowest BCUT2D eigenvalue weighted by Gasteiger charge is -2.09. The van der Waals surface area contributed by atoms with Gasteiger partial charge in [0.05, 0.1) is 24.1 Å². The lowest BCUT2D eigenvalue weighted by molar-refractivity contribution is 0.273. The van der Waals surface area contributed by atoms with Gasteiger partial charge in [0.1, 0.15) is 5.82 Å². The molecular formula is C27H23N3O2. The Hall–Kier alpha value is -3.96. The number of para-hydroxylation sites is 2. The van der Waals surface area contributed by atoms with E-state index >= 15 is 0 Å². The summed E-state index contributed by atoms with van der Waals surface area (Å²) in [5.74, 6) is 0.530. The number of hydrogen-bond acceptors (Lipinski definition) is 3. The summed E-state index contributed by atoms with van der Waals surface area (Å²) in [5.41, 5.74) is 3.94. The summed E-state index contributed by atoms with van der Waals surface area (Å²) in [6, 6.07) is 26.0. The van der Waals surface area contributed by atoms with E-state index in [0.717, 1.165) is 23.0 Å². The van der Waals surface area contributed by atoms with Gasteiger partial charge in [0, 0.05) is 29.2 Å². The molecule has 5 rings (SSSR count). The van der Waals surface area contributed by atoms with E-state index in [1.807, 2.05) is 60.7 Å². The highest BCUT2D eigenvalue weighted by Crippen LogP contribution is 2.24. The molecule has 0 aliphatic carbocycles. The largest absolute Gasteiger partial charge is 0.395 e. The molecule has 0 amide bonds. The highest BCUT2D eigenvalue weighted by Gasteiger charge is 2.10. The van der Waals surface area contributed by atoms with Gasteiger partial charge in [-0.3, -0.25) is 9.36 Å². The first-order valence-corrected chi connectivity index (χ1v) is 10.6. The van der Waals surface area contributed by atoms with Crippen LogP contribution in [0.15, 0.2) is 89.9 Å². The van der Waals surface area contributed by atoms with Gasteiger partial charge in [-0.2, -0.15) is 0 Å². The summed E-state index contributed by atoms with van der Waals surface area (Å²) in [4.78, 5) is 17.6. The minimum absolute atomic E-state index is 0.128. The average Bonchev–Trinajstić information content (AvgIpc) is 3.18. The zero-order valence-electron chi connectivity index (χ0n) is 17.6. The first-order chi connectivity index (χ1) is 15.7. The number of aliphatic hydroxyl groups excluding tert-OH is 1. The maximum absolute atomic E-state index is 12.9. The van der Waals surface area contributed by atoms with Crippen LogP contribution < -0.4 is 5.56 Å². The van der Waals surface area contributed by atoms with E-state index < -0.39 is 0 Å². The number of aliphatic hydroxyl groups is 1. The molecule has 0 fully saturated rings. The van der Waals surface area contributed by atoms with Gasteiger partial charge >= 0.3 is 0 Å². The SMILES string of the molecule is O=c1c2ccccc2nc(C=Cc2cn(Cc3ccccc3)c3ccccc23)n1CCO. The molecule has 5 heteroatoms. The van der Waals surface area contributed by atoms with Gasteiger partial charge in [-0.1, -0.05) is 60.7 Å². The van der Waals surface area contributed by atoms with Crippen LogP contribution in [0.5, 0.6) is 0 Å². The lowest BCUT2D eigenvalue weighted by Crippen LogP contribution is -2.25. The first-order valence-electron chi connectivity index (χ1n) is 10.6. The fourth-order valence-corrected chi connectivity index (χ4v) is 4.11. The van der Waals surface area contributed by atoms with Crippen molar-refractivity contribution in [3.8, 4) is 0 Å². The maximum Gasteiger partial charge on any atom is 0.261 e. The van der Waals surface area contributed by atoms with E-state index in [4.69, 9.17) is 0 Å². The Morgan fingerprint density at radius 3 is 2.38 bits per heavy atom. The number of hydrogen-bond donors (Lipinski definition) is 1. The molecule has 2 aromatic heterocycles. The summed E-state index contributed by atoms with van der Waals surface area (Å²) >= 11 is 0. The standard InChI is InChI=1S/C27H23N3O2/c31-17-16-30-26(28-24-12-6-4-11-23(24)27(30)32)15-14-21-19-29(18-20-8-2-1-3-9-20)25-13-7-5-10-22(21)25/h1-15,19,31H,16-18H2. The molecule has 0 bridgehead atoms. The predicted octanol–water partition coefficient (Wildman–Crippen LogP) is 4.56. The van der Waals surface area contributed by atoms with Crippen molar-refractivity contribution in [2.24, 2.45) is 0 Å². The number of nitrogens with zero attached hydrogens (tertiary/aromatic N) is 3. The normalized spacial score (nSPS) is 11.7. The molecule has 0 radical (unpaired) electrons. The molecular weight excluding hydrogens is 398 g/mol. The second kappa shape index (κ2) is 8.65. The average molecular weight is 422 g/mol. The Bertz CT molecular complexity index is 1480. The first kappa shape index (κ1) is 20.0. The molecule has 1 N–H and O–H groups in total. The van der Waals surface area contributed by atoms with Crippen molar-refractivity contribution in [2.45, 2.75) is 13.1 Å². The van der Waals surface area contributed by atoms with Crippen LogP contribution in [-0.2, 0) is 13.1 Å². The third kappa shape index (κ3) is 3.74. The molecule has 0 aliphatic heterocycles. The molecule has 0 unspecified atom stereocenters. The highest BCUT2D eigenvalue weighted by atomic mass is 16.3. The highest BCUT2D eigenvalue weighted by molar-refractivity contribution is 5.92. The Balaban J connectivity index is 1.59. The summed E-state index contributed by atoms with van der Waals surface area (Å²) < 4.78 is 3.76. The second-order valence-corrected chi connectivity index (χ2v) is 7.72. The van der Waals surface area contributed by atoms with Gasteiger partial charge in [0.15, 0.2) is 0 Å². The molecule has 158 valence electrons. The van der Waals surface area contributed by atoms with Gasteiger partial charge in [0.2, 0.25) is 0 Å². The summed E-state index contributed by atoms with van der Waals surface area (Å²) in [6.45, 7) is 0.849. The topological polar surface area (TPSA) is 60.0 Å². The molecule has 0 saturated carbocycles. The van der Waals surface area contributed by atoms with Crippen LogP contribution in [0, 0.1) is 0 Å². The number of rotatable bonds is 6. The van der Waals surface area contributed by atoms with Crippen molar-refractivity contribution >= 4 is 34.0 Å². The molecule has 0 saturated heterocycles. The van der Waals surface area contributed by atoms with Crippen molar-refractivity contribution in [1.29, 1.82) is 0 Å². The Labute approximate surface area is 185 Å². The molecule has 2 heterocycles. The minimum Gasteiger partial charge on any atom is -0.395 e. The molecule has 0 atom stereocenters. The predicted molar refractivity (Wildman–Crippen MR) is 129 cm³/mol. The zero-order chi connectivity index (χ0) is 21.9. The molecule has 0 aliphatic rings. The van der Waals surface area contributed by atoms with Crippen molar-refractivity contribution < 1.29 is 5.11 Å². The zero-order valence-corrected chi connectivity index (χ0v) is 17.6. The van der Waals surface area contributed by atoms with Crippen LogP contribution >= 0.6 is 0 Å². The van der Waals surface area contributed by atoms with Crippen LogP contribution in [0.1, 0.15) is 17.0 Å². The quantitative estimate of drug-likeness (QED) is 0.437. The number of benzene rings is 3. The van der Waals surface area contributed by atoms with E-state index in [0.29, 0.717) is 16.7 Å². The van der Waals surface area contributed by atoms with E-state index in [9.17, 15) is 9.90 Å². The molecule has 0 spiro atoms. The van der Waals surface area contributed by atoms with Crippen LogP contribution in [0.4, 0.5) is 0 Å². The Morgan fingerprint density at radius 2 is 1.56 bits per heavy atom. The Morgan fingerprint density at radius 1 is 0.844 bits per heavy atom. The second-order valence-electron chi connectivity index (χ2n) is 7.72. The maximum atomic E-state index is 12.9. The van der Waals surface area contributed by atoms with E-state index in [1.54, 1.807) is 6.07 Å². The molecule has 5 nitrogen and oxygen atoms in total. The van der Waals surface area contributed by atoms with Gasteiger partial charge < -0.3 is 9.67 Å². The summed E-state index contributed by atoms with van der Waals surface area (Å²) in [7, 11) is 0. The third-order valence-electron chi connectivity index (χ3n) is 5.64. The van der Waals surface area contributed by atoms with Gasteiger partial charge in [-0.15, -0.1) is 0 Å². The van der Waals surface area contributed by atoms with Gasteiger partial charge in [0.25, 0.3) is 5.56 Å². The van der Waals surface area contributed by atoms with E-state index in [2.05, 4.69) is 40.0 Å². The van der Waals surface area contributed by atoms with E-state index in [1.165, 1.54) is 10.1 Å². The van der Waals surface area contributed by atoms with Crippen LogP contribution in [0.3, 0.4) is 0 Å². The fraction of sp³-hybridized carbons (Fsp3) is 0.111. The third-order valence-corrected chi connectivity index (χ3v) is 5.64. The fourth-order valence-electron chi connectivity index (χ4n) is 4.11. The van der Waals surface area contributed by atoms with Crippen LogP contribution in [0.2, 0.25) is 0 Å². The van der Waals surface area contributed by atoms with Crippen molar-refractivity contribution in [3.05, 3.63) is 112 Å². The van der Waals surface area contributed by atoms with Crippen molar-refractivity contribution in [1.82, 2.24) is 14.1 Å². The minimum atomic E-state index is -0.143. The van der Waals surface area contributed by atoms with Gasteiger partial charge in [-0.25, -0.2) is 4.98 Å².